The van der Waals surface area contributed by atoms with Crippen molar-refractivity contribution in [3.05, 3.63) is 17.7 Å². The zero-order chi connectivity index (χ0) is 19.6. The first-order valence-electron chi connectivity index (χ1n) is 10.1. The number of nitrogens with zero attached hydrogens (tertiary/aromatic N) is 4. The van der Waals surface area contributed by atoms with Crippen molar-refractivity contribution in [2.75, 3.05) is 13.2 Å². The number of aromatic nitrogens is 4. The molecular formula is C19H25F3N4O2. The second kappa shape index (κ2) is 8.23. The molecule has 0 amide bonds. The Labute approximate surface area is 161 Å². The highest BCUT2D eigenvalue weighted by molar-refractivity contribution is 5.49. The van der Waals surface area contributed by atoms with Crippen LogP contribution in [0.5, 0.6) is 0 Å². The van der Waals surface area contributed by atoms with Crippen LogP contribution in [0.25, 0.3) is 11.5 Å². The molecule has 0 spiro atoms. The van der Waals surface area contributed by atoms with Crippen molar-refractivity contribution in [3.8, 4) is 11.5 Å². The summed E-state index contributed by atoms with van der Waals surface area (Å²) in [6.07, 6.45) is 2.40. The van der Waals surface area contributed by atoms with Crippen molar-refractivity contribution in [1.82, 2.24) is 19.9 Å². The first-order chi connectivity index (χ1) is 13.5. The highest BCUT2D eigenvalue weighted by atomic mass is 19.4. The molecule has 1 aliphatic carbocycles. The van der Waals surface area contributed by atoms with Crippen molar-refractivity contribution in [2.45, 2.75) is 75.9 Å². The van der Waals surface area contributed by atoms with E-state index in [0.29, 0.717) is 24.7 Å². The Kier molecular flexibility index (Phi) is 5.70. The number of halogens is 3. The van der Waals surface area contributed by atoms with Crippen LogP contribution in [0.4, 0.5) is 13.2 Å². The van der Waals surface area contributed by atoms with E-state index < -0.39 is 12.6 Å². The number of hydrogen-bond donors (Lipinski definition) is 0. The molecule has 28 heavy (non-hydrogen) atoms. The Morgan fingerprint density at radius 3 is 2.43 bits per heavy atom. The minimum absolute atomic E-state index is 0.0511. The molecule has 0 unspecified atom stereocenters. The van der Waals surface area contributed by atoms with Gasteiger partial charge in [0.25, 0.3) is 0 Å². The molecule has 2 aromatic heterocycles. The van der Waals surface area contributed by atoms with Gasteiger partial charge in [-0.15, -0.1) is 0 Å². The molecule has 1 aliphatic heterocycles. The highest BCUT2D eigenvalue weighted by Crippen LogP contribution is 2.33. The van der Waals surface area contributed by atoms with E-state index >= 15 is 0 Å². The van der Waals surface area contributed by atoms with E-state index in [1.807, 2.05) is 6.07 Å². The Morgan fingerprint density at radius 2 is 1.75 bits per heavy atom. The van der Waals surface area contributed by atoms with Gasteiger partial charge < -0.3 is 9.26 Å². The SMILES string of the molecule is FC(F)(F)Cc1nc(-c2cc(C3CCOCC3)on2)n(C2CCCCCC2)n1. The van der Waals surface area contributed by atoms with E-state index in [-0.39, 0.29) is 17.8 Å². The molecule has 9 heteroatoms. The van der Waals surface area contributed by atoms with E-state index in [1.54, 1.807) is 4.68 Å². The van der Waals surface area contributed by atoms with Gasteiger partial charge in [-0.05, 0) is 25.7 Å². The average molecular weight is 398 g/mol. The predicted molar refractivity (Wildman–Crippen MR) is 94.8 cm³/mol. The molecule has 4 rings (SSSR count). The first kappa shape index (κ1) is 19.4. The summed E-state index contributed by atoms with van der Waals surface area (Å²) < 4.78 is 51.3. The van der Waals surface area contributed by atoms with Crippen LogP contribution in [0, 0.1) is 0 Å². The molecule has 3 heterocycles. The third kappa shape index (κ3) is 4.56. The van der Waals surface area contributed by atoms with Crippen LogP contribution in [0.1, 0.15) is 74.9 Å². The fourth-order valence-electron chi connectivity index (χ4n) is 4.12. The maximum Gasteiger partial charge on any atom is 0.396 e. The molecule has 2 aliphatic rings. The van der Waals surface area contributed by atoms with Crippen LogP contribution in [0.3, 0.4) is 0 Å². The van der Waals surface area contributed by atoms with E-state index in [9.17, 15) is 13.2 Å². The van der Waals surface area contributed by atoms with Gasteiger partial charge >= 0.3 is 6.18 Å². The van der Waals surface area contributed by atoms with Crippen molar-refractivity contribution in [2.24, 2.45) is 0 Å². The van der Waals surface area contributed by atoms with Gasteiger partial charge in [-0.2, -0.15) is 18.3 Å². The van der Waals surface area contributed by atoms with Gasteiger partial charge in [0.1, 0.15) is 12.2 Å². The minimum Gasteiger partial charge on any atom is -0.381 e. The van der Waals surface area contributed by atoms with Crippen LogP contribution < -0.4 is 0 Å². The van der Waals surface area contributed by atoms with Gasteiger partial charge in [0.15, 0.2) is 17.3 Å². The molecular weight excluding hydrogens is 373 g/mol. The van der Waals surface area contributed by atoms with Crippen LogP contribution in [0.15, 0.2) is 10.6 Å². The second-order valence-electron chi connectivity index (χ2n) is 7.73. The zero-order valence-corrected chi connectivity index (χ0v) is 15.7. The van der Waals surface area contributed by atoms with E-state index in [2.05, 4.69) is 15.2 Å². The summed E-state index contributed by atoms with van der Waals surface area (Å²) in [4.78, 5) is 4.21. The molecule has 0 atom stereocenters. The molecule has 0 N–H and O–H groups in total. The fraction of sp³-hybridized carbons (Fsp3) is 0.737. The lowest BCUT2D eigenvalue weighted by Crippen LogP contribution is -2.15. The first-order valence-corrected chi connectivity index (χ1v) is 10.1. The summed E-state index contributed by atoms with van der Waals surface area (Å²) in [5, 5.41) is 8.37. The molecule has 0 aromatic carbocycles. The van der Waals surface area contributed by atoms with E-state index in [1.165, 1.54) is 0 Å². The third-order valence-electron chi connectivity index (χ3n) is 5.59. The highest BCUT2D eigenvalue weighted by Gasteiger charge is 2.32. The number of ether oxygens (including phenoxy) is 1. The molecule has 2 aromatic rings. The predicted octanol–water partition coefficient (Wildman–Crippen LogP) is 4.83. The Bertz CT molecular complexity index is 772. The van der Waals surface area contributed by atoms with Crippen molar-refractivity contribution >= 4 is 0 Å². The zero-order valence-electron chi connectivity index (χ0n) is 15.7. The van der Waals surface area contributed by atoms with Crippen molar-refractivity contribution in [3.63, 3.8) is 0 Å². The van der Waals surface area contributed by atoms with Gasteiger partial charge in [0, 0.05) is 25.2 Å². The fourth-order valence-corrected chi connectivity index (χ4v) is 4.12. The minimum atomic E-state index is -4.34. The maximum atomic E-state index is 12.9. The molecule has 0 radical (unpaired) electrons. The van der Waals surface area contributed by atoms with Crippen LogP contribution in [-0.2, 0) is 11.2 Å². The summed E-state index contributed by atoms with van der Waals surface area (Å²) >= 11 is 0. The topological polar surface area (TPSA) is 66.0 Å². The van der Waals surface area contributed by atoms with Crippen LogP contribution in [0.2, 0.25) is 0 Å². The van der Waals surface area contributed by atoms with Gasteiger partial charge in [-0.25, -0.2) is 9.67 Å². The van der Waals surface area contributed by atoms with Gasteiger partial charge in [-0.1, -0.05) is 30.8 Å². The molecule has 154 valence electrons. The lowest BCUT2D eigenvalue weighted by Gasteiger charge is -2.18. The quantitative estimate of drug-likeness (QED) is 0.691. The number of hydrogen-bond acceptors (Lipinski definition) is 5. The summed E-state index contributed by atoms with van der Waals surface area (Å²) in [7, 11) is 0. The summed E-state index contributed by atoms with van der Waals surface area (Å²) in [5.41, 5.74) is 0.465. The third-order valence-corrected chi connectivity index (χ3v) is 5.59. The number of rotatable bonds is 4. The molecule has 0 bridgehead atoms. The molecule has 6 nitrogen and oxygen atoms in total. The second-order valence-corrected chi connectivity index (χ2v) is 7.73. The van der Waals surface area contributed by atoms with Crippen LogP contribution >= 0.6 is 0 Å². The molecule has 1 saturated heterocycles. The van der Waals surface area contributed by atoms with Crippen molar-refractivity contribution in [1.29, 1.82) is 0 Å². The van der Waals surface area contributed by atoms with Gasteiger partial charge in [0.2, 0.25) is 0 Å². The van der Waals surface area contributed by atoms with Crippen LogP contribution in [-0.4, -0.2) is 39.3 Å². The van der Waals surface area contributed by atoms with E-state index in [4.69, 9.17) is 9.26 Å². The summed E-state index contributed by atoms with van der Waals surface area (Å²) in [6, 6.07) is 1.86. The van der Waals surface area contributed by atoms with E-state index in [0.717, 1.165) is 57.1 Å². The Balaban J connectivity index is 1.65. The lowest BCUT2D eigenvalue weighted by molar-refractivity contribution is -0.128. The standard InChI is InChI=1S/C19H25F3N4O2/c20-19(21,22)12-17-23-18(26(24-17)14-5-3-1-2-4-6-14)15-11-16(28-25-15)13-7-9-27-10-8-13/h11,13-14H,1-10,12H2. The monoisotopic (exact) mass is 398 g/mol. The molecule has 2 fully saturated rings. The van der Waals surface area contributed by atoms with Crippen molar-refractivity contribution < 1.29 is 22.4 Å². The Morgan fingerprint density at radius 1 is 1.04 bits per heavy atom. The Hall–Kier alpha value is -1.90. The van der Waals surface area contributed by atoms with Gasteiger partial charge in [0.05, 0.1) is 6.04 Å². The number of alkyl halides is 3. The summed E-state index contributed by atoms with van der Waals surface area (Å²) in [6.45, 7) is 1.35. The lowest BCUT2D eigenvalue weighted by atomic mass is 9.97. The smallest absolute Gasteiger partial charge is 0.381 e. The maximum absolute atomic E-state index is 12.9. The van der Waals surface area contributed by atoms with Gasteiger partial charge in [-0.3, -0.25) is 0 Å². The molecule has 1 saturated carbocycles. The summed E-state index contributed by atoms with van der Waals surface area (Å²) in [5.74, 6) is 1.14. The normalized spacial score (nSPS) is 20.4. The largest absolute Gasteiger partial charge is 0.396 e. The average Bonchev–Trinajstić information content (AvgIpc) is 3.21.